The van der Waals surface area contributed by atoms with Crippen molar-refractivity contribution >= 4 is 5.82 Å². The molecule has 0 atom stereocenters. The van der Waals surface area contributed by atoms with Gasteiger partial charge >= 0.3 is 0 Å². The van der Waals surface area contributed by atoms with Gasteiger partial charge in [0.1, 0.15) is 5.82 Å². The Morgan fingerprint density at radius 3 is 3.00 bits per heavy atom. The first-order chi connectivity index (χ1) is 5.27. The summed E-state index contributed by atoms with van der Waals surface area (Å²) in [7, 11) is 0. The Bertz CT molecular complexity index is 232. The van der Waals surface area contributed by atoms with E-state index in [0.717, 1.165) is 12.1 Å². The summed E-state index contributed by atoms with van der Waals surface area (Å²) in [6, 6.07) is 1.83. The van der Waals surface area contributed by atoms with Crippen LogP contribution in [0.3, 0.4) is 0 Å². The second-order valence-corrected chi connectivity index (χ2v) is 2.36. The highest BCUT2D eigenvalue weighted by Gasteiger charge is 2.01. The van der Waals surface area contributed by atoms with E-state index in [1.807, 2.05) is 13.0 Å². The summed E-state index contributed by atoms with van der Waals surface area (Å²) in [5.74, 6) is 0.523. The number of aliphatic hydroxyl groups is 1. The second kappa shape index (κ2) is 3.39. The van der Waals surface area contributed by atoms with Crippen molar-refractivity contribution in [1.82, 2.24) is 9.78 Å². The lowest BCUT2D eigenvalue weighted by Crippen LogP contribution is -2.07. The summed E-state index contributed by atoms with van der Waals surface area (Å²) in [6.45, 7) is 2.67. The third kappa shape index (κ3) is 1.71. The van der Waals surface area contributed by atoms with Crippen LogP contribution in [0.1, 0.15) is 12.6 Å². The molecule has 0 unspecified atom stereocenters. The van der Waals surface area contributed by atoms with Gasteiger partial charge < -0.3 is 10.8 Å². The molecule has 3 N–H and O–H groups in total. The minimum Gasteiger partial charge on any atom is -0.394 e. The van der Waals surface area contributed by atoms with Gasteiger partial charge in [-0.2, -0.15) is 5.10 Å². The number of rotatable bonds is 3. The number of nitrogens with zero attached hydrogens (tertiary/aromatic N) is 2. The second-order valence-electron chi connectivity index (χ2n) is 2.36. The van der Waals surface area contributed by atoms with Gasteiger partial charge in [0.15, 0.2) is 0 Å². The van der Waals surface area contributed by atoms with E-state index in [0.29, 0.717) is 12.4 Å². The molecule has 0 aromatic carbocycles. The number of nitrogens with two attached hydrogens (primary N) is 1. The molecule has 0 spiro atoms. The van der Waals surface area contributed by atoms with Gasteiger partial charge in [0.05, 0.1) is 13.2 Å². The molecule has 0 saturated carbocycles. The number of aryl methyl sites for hydroxylation is 1. The summed E-state index contributed by atoms with van der Waals surface area (Å²) in [5.41, 5.74) is 6.54. The molecule has 1 heterocycles. The first-order valence-electron chi connectivity index (χ1n) is 3.71. The Labute approximate surface area is 65.6 Å². The third-order valence-corrected chi connectivity index (χ3v) is 1.56. The van der Waals surface area contributed by atoms with Crippen LogP contribution < -0.4 is 5.73 Å². The molecule has 11 heavy (non-hydrogen) atoms. The predicted molar refractivity (Wildman–Crippen MR) is 43.1 cm³/mol. The van der Waals surface area contributed by atoms with Gasteiger partial charge in [-0.3, -0.25) is 4.68 Å². The van der Waals surface area contributed by atoms with Crippen LogP contribution in [0.25, 0.3) is 0 Å². The third-order valence-electron chi connectivity index (χ3n) is 1.56. The molecule has 0 fully saturated rings. The van der Waals surface area contributed by atoms with Crippen LogP contribution >= 0.6 is 0 Å². The Hall–Kier alpha value is -1.03. The van der Waals surface area contributed by atoms with E-state index in [2.05, 4.69) is 5.10 Å². The van der Waals surface area contributed by atoms with E-state index in [4.69, 9.17) is 10.8 Å². The van der Waals surface area contributed by atoms with Crippen molar-refractivity contribution in [2.75, 3.05) is 12.3 Å². The van der Waals surface area contributed by atoms with Gasteiger partial charge in [-0.25, -0.2) is 0 Å². The normalized spacial score (nSPS) is 10.4. The number of aliphatic hydroxyl groups excluding tert-OH is 1. The summed E-state index contributed by atoms with van der Waals surface area (Å²) in [5, 5.41) is 12.7. The zero-order valence-corrected chi connectivity index (χ0v) is 6.62. The smallest absolute Gasteiger partial charge is 0.145 e. The van der Waals surface area contributed by atoms with E-state index in [1.54, 1.807) is 4.68 Å². The lowest BCUT2D eigenvalue weighted by atomic mass is 10.3. The SMILES string of the molecule is CCc1cc(N)nn1CCO. The Kier molecular flexibility index (Phi) is 2.48. The van der Waals surface area contributed by atoms with Crippen LogP contribution in [0.5, 0.6) is 0 Å². The van der Waals surface area contributed by atoms with Crippen molar-refractivity contribution in [2.45, 2.75) is 19.9 Å². The molecular weight excluding hydrogens is 142 g/mol. The predicted octanol–water partition coefficient (Wildman–Crippen LogP) is 0.0200. The molecule has 0 aliphatic rings. The average Bonchev–Trinajstić information content (AvgIpc) is 2.32. The van der Waals surface area contributed by atoms with Crippen LogP contribution in [-0.4, -0.2) is 21.5 Å². The first kappa shape index (κ1) is 8.07. The minimum atomic E-state index is 0.105. The van der Waals surface area contributed by atoms with E-state index < -0.39 is 0 Å². The summed E-state index contributed by atoms with van der Waals surface area (Å²) < 4.78 is 1.73. The maximum absolute atomic E-state index is 8.65. The fraction of sp³-hybridized carbons (Fsp3) is 0.571. The Morgan fingerprint density at radius 1 is 1.73 bits per heavy atom. The number of aromatic nitrogens is 2. The average molecular weight is 155 g/mol. The summed E-state index contributed by atoms with van der Waals surface area (Å²) in [4.78, 5) is 0. The summed E-state index contributed by atoms with van der Waals surface area (Å²) in [6.07, 6.45) is 0.893. The molecule has 0 saturated heterocycles. The zero-order chi connectivity index (χ0) is 8.27. The highest BCUT2D eigenvalue weighted by atomic mass is 16.3. The highest BCUT2D eigenvalue weighted by molar-refractivity contribution is 5.29. The van der Waals surface area contributed by atoms with Gasteiger partial charge in [0, 0.05) is 11.8 Å². The maximum Gasteiger partial charge on any atom is 0.145 e. The topological polar surface area (TPSA) is 64.1 Å². The van der Waals surface area contributed by atoms with Gasteiger partial charge in [-0.1, -0.05) is 6.92 Å². The molecule has 0 amide bonds. The molecule has 4 heteroatoms. The van der Waals surface area contributed by atoms with Crippen molar-refractivity contribution in [2.24, 2.45) is 0 Å². The maximum atomic E-state index is 8.65. The molecule has 1 rings (SSSR count). The fourth-order valence-electron chi connectivity index (χ4n) is 1.05. The van der Waals surface area contributed by atoms with Crippen LogP contribution in [-0.2, 0) is 13.0 Å². The van der Waals surface area contributed by atoms with Crippen molar-refractivity contribution in [3.8, 4) is 0 Å². The lowest BCUT2D eigenvalue weighted by molar-refractivity contribution is 0.267. The van der Waals surface area contributed by atoms with E-state index in [1.165, 1.54) is 0 Å². The fourth-order valence-corrected chi connectivity index (χ4v) is 1.05. The molecule has 1 aromatic rings. The van der Waals surface area contributed by atoms with Crippen LogP contribution in [0, 0.1) is 0 Å². The largest absolute Gasteiger partial charge is 0.394 e. The molecular formula is C7H13N3O. The van der Waals surface area contributed by atoms with Crippen LogP contribution in [0.15, 0.2) is 6.07 Å². The lowest BCUT2D eigenvalue weighted by Gasteiger charge is -2.00. The number of hydrogen-bond donors (Lipinski definition) is 2. The Balaban J connectivity index is 2.83. The van der Waals surface area contributed by atoms with E-state index in [-0.39, 0.29) is 6.61 Å². The highest BCUT2D eigenvalue weighted by Crippen LogP contribution is 2.05. The number of anilines is 1. The van der Waals surface area contributed by atoms with Gasteiger partial charge in [-0.05, 0) is 6.42 Å². The number of nitrogen functional groups attached to an aromatic ring is 1. The molecule has 0 bridgehead atoms. The number of hydrogen-bond acceptors (Lipinski definition) is 3. The molecule has 0 aliphatic heterocycles. The van der Waals surface area contributed by atoms with Crippen LogP contribution in [0.4, 0.5) is 5.82 Å². The molecule has 4 nitrogen and oxygen atoms in total. The first-order valence-corrected chi connectivity index (χ1v) is 3.71. The molecule has 62 valence electrons. The standard InChI is InChI=1S/C7H13N3O/c1-2-6-5-7(8)9-10(6)3-4-11/h5,11H,2-4H2,1H3,(H2,8,9). The Morgan fingerprint density at radius 2 is 2.45 bits per heavy atom. The monoisotopic (exact) mass is 155 g/mol. The van der Waals surface area contributed by atoms with Crippen molar-refractivity contribution < 1.29 is 5.11 Å². The molecule has 1 aromatic heterocycles. The van der Waals surface area contributed by atoms with Crippen molar-refractivity contribution in [1.29, 1.82) is 0 Å². The van der Waals surface area contributed by atoms with Gasteiger partial charge in [-0.15, -0.1) is 0 Å². The zero-order valence-electron chi connectivity index (χ0n) is 6.62. The van der Waals surface area contributed by atoms with Crippen molar-refractivity contribution in [3.05, 3.63) is 11.8 Å². The van der Waals surface area contributed by atoms with Crippen molar-refractivity contribution in [3.63, 3.8) is 0 Å². The van der Waals surface area contributed by atoms with E-state index in [9.17, 15) is 0 Å². The van der Waals surface area contributed by atoms with E-state index >= 15 is 0 Å². The quantitative estimate of drug-likeness (QED) is 0.646. The minimum absolute atomic E-state index is 0.105. The van der Waals surface area contributed by atoms with Gasteiger partial charge in [0.25, 0.3) is 0 Å². The van der Waals surface area contributed by atoms with Crippen LogP contribution in [0.2, 0.25) is 0 Å². The van der Waals surface area contributed by atoms with Gasteiger partial charge in [0.2, 0.25) is 0 Å². The molecule has 0 radical (unpaired) electrons. The molecule has 0 aliphatic carbocycles. The summed E-state index contributed by atoms with van der Waals surface area (Å²) >= 11 is 0.